The smallest absolute Gasteiger partial charge is 0.343 e. The maximum Gasteiger partial charge on any atom is 0.343 e. The predicted octanol–water partition coefficient (Wildman–Crippen LogP) is 3.69. The third-order valence-corrected chi connectivity index (χ3v) is 21.6. The predicted molar refractivity (Wildman–Crippen MR) is 413 cm³/mol. The molecule has 10 aromatic carbocycles. The van der Waals surface area contributed by atoms with Crippen LogP contribution >= 0.6 is 0 Å². The Morgan fingerprint density at radius 1 is 0.231 bits per heavy atom. The molecule has 0 radical (unpaired) electrons. The van der Waals surface area contributed by atoms with Gasteiger partial charge in [0.05, 0.1) is 55.6 Å². The summed E-state index contributed by atoms with van der Waals surface area (Å²) in [6.07, 6.45) is -28.7. The van der Waals surface area contributed by atoms with Gasteiger partial charge in [-0.25, -0.2) is 47.9 Å². The molecule has 6 heterocycles. The van der Waals surface area contributed by atoms with Gasteiger partial charge in [-0.15, -0.1) is 0 Å². The van der Waals surface area contributed by atoms with Crippen LogP contribution < -0.4 is 4.74 Å². The molecule has 694 valence electrons. The average Bonchev–Trinajstić information content (AvgIpc) is 0.792. The van der Waals surface area contributed by atoms with E-state index in [1.165, 1.54) is 0 Å². The fraction of sp³-hybridized carbons (Fsp3) is 0.146. The molecule has 0 spiro atoms. The molecule has 0 bridgehead atoms. The summed E-state index contributed by atoms with van der Waals surface area (Å²) in [6, 6.07) is 3.02. The minimum absolute atomic E-state index is 0.174. The lowest BCUT2D eigenvalue weighted by atomic mass is 9.90. The number of ether oxygens (including phenoxy) is 13. The molecular formula is C82H54O52. The summed E-state index contributed by atoms with van der Waals surface area (Å²) in [5, 5.41) is 324. The van der Waals surface area contributed by atoms with Gasteiger partial charge in [0, 0.05) is 38.9 Å². The summed E-state index contributed by atoms with van der Waals surface area (Å²) in [6.45, 7) is -3.19. The van der Waals surface area contributed by atoms with Crippen molar-refractivity contribution in [1.82, 2.24) is 0 Å². The summed E-state index contributed by atoms with van der Waals surface area (Å²) < 4.78 is 74.9. The van der Waals surface area contributed by atoms with Crippen molar-refractivity contribution in [2.24, 2.45) is 0 Å². The Morgan fingerprint density at radius 3 is 0.776 bits per heavy atom. The van der Waals surface area contributed by atoms with Gasteiger partial charge in [0.15, 0.2) is 145 Å². The molecule has 134 heavy (non-hydrogen) atoms. The Kier molecular flexibility index (Phi) is 20.9. The molecule has 0 aromatic heterocycles. The molecule has 10 aromatic rings. The Hall–Kier alpha value is -19.2. The highest BCUT2D eigenvalue weighted by atomic mass is 16.8. The summed E-state index contributed by atoms with van der Waals surface area (Å²) >= 11 is 0. The van der Waals surface area contributed by atoms with Crippen molar-refractivity contribution in [3.05, 3.63) is 122 Å². The second-order valence-electron chi connectivity index (χ2n) is 29.4. The number of esters is 10. The van der Waals surface area contributed by atoms with Crippen molar-refractivity contribution < 1.29 is 258 Å². The van der Waals surface area contributed by atoms with Gasteiger partial charge in [0.25, 0.3) is 0 Å². The average molecular weight is 1870 g/mol. The van der Waals surface area contributed by atoms with E-state index in [1.54, 1.807) is 0 Å². The first kappa shape index (κ1) is 88.3. The Balaban J connectivity index is 0.849. The van der Waals surface area contributed by atoms with E-state index in [1.807, 2.05) is 0 Å². The largest absolute Gasteiger partial charge is 0.504 e. The van der Waals surface area contributed by atoms with Crippen LogP contribution in [0.1, 0.15) is 104 Å². The molecule has 52 nitrogen and oxygen atoms in total. The quantitative estimate of drug-likeness (QED) is 0.0641. The van der Waals surface area contributed by atoms with E-state index >= 15 is 33.6 Å². The maximum absolute atomic E-state index is 16.1. The number of carbonyl (C=O) groups is 10. The van der Waals surface area contributed by atoms with Crippen LogP contribution in [0, 0.1) is 0 Å². The summed E-state index contributed by atoms with van der Waals surface area (Å²) in [4.78, 5) is 151. The number of benzene rings is 10. The number of phenolic OH excluding ortho intramolecular Hbond substituents is 29. The third kappa shape index (κ3) is 13.9. The van der Waals surface area contributed by atoms with Crippen LogP contribution in [-0.4, -0.2) is 282 Å². The standard InChI is InChI=1S/C82H54O52/c83-23-1-14(2-24(84)45(23)93)71(112)133-81-70-68(130-77(118)20-9-30(90)50(98)57(105)39(20)41-22(79(120)132-70)11-32(92)52(100)59(41)107)65-35(126-81)13-123-74(115)17-6-27(87)53(101)60(108)42(17)43-44(80(121)128-65)66(63(111)62(110)61(43)109)124-33-4-15(3-25(85)46(33)94)72(113)134-82-69-67(129-76(117)19-8-29(89)49(97)56(104)38(19)40-21(78(119)131-69)10-31(91)51(99)58(40)106)64-34(125-82)12-122-73(114)16-5-26(86)47(95)54(102)36(16)37-18(75(116)127-64)7-28(88)48(96)55(37)103/h1-11,34-35,64-65,67-70,81-111H,12-13H2/t34-,35-,64-,65+,67+,68-,69-,70-,81+,82-/m1/s1. The fourth-order valence-electron chi connectivity index (χ4n) is 15.2. The second-order valence-corrected chi connectivity index (χ2v) is 29.4. The van der Waals surface area contributed by atoms with Crippen molar-refractivity contribution in [1.29, 1.82) is 0 Å². The first-order chi connectivity index (χ1) is 63.1. The molecular weight excluding hydrogens is 1820 g/mol. The topological polar surface area (TPSA) is 877 Å². The Bertz CT molecular complexity index is 6960. The zero-order valence-electron chi connectivity index (χ0n) is 65.4. The minimum atomic E-state index is -3.05. The molecule has 0 amide bonds. The molecule has 10 atom stereocenters. The number of fused-ring (bicyclic) bond motifs is 18. The Labute approximate surface area is 734 Å². The van der Waals surface area contributed by atoms with Crippen LogP contribution in [0.25, 0.3) is 44.5 Å². The van der Waals surface area contributed by atoms with Crippen molar-refractivity contribution in [2.75, 3.05) is 13.2 Å². The van der Waals surface area contributed by atoms with Gasteiger partial charge < -0.3 is 210 Å². The number of hydrogen-bond acceptors (Lipinski definition) is 52. The molecule has 16 rings (SSSR count). The molecule has 52 heteroatoms. The fourth-order valence-corrected chi connectivity index (χ4v) is 15.2. The molecule has 0 saturated carbocycles. The van der Waals surface area contributed by atoms with Gasteiger partial charge in [-0.05, 0) is 66.7 Å². The van der Waals surface area contributed by atoms with Gasteiger partial charge in [-0.2, -0.15) is 0 Å². The SMILES string of the molecule is O=C(O[C@@H]1O[C@@H]2COC(=O)c3cc(O)c(O)c(O)c3-c3c(O)c(O)c(O)c(Oc4cc(C(=O)O[C@H]5O[C@@H]6COC(=O)c7cc(O)c(O)c(O)c7-c7c(cc(O)c(O)c7O)C(=O)O[C@H]6[C@@H]6OC(=O)c7cc(O)c(O)c(O)c7-c7c(cc(O)c(O)c7O)C(=O)O[C@@H]56)cc(O)c4O)c3C(=O)O[C@@H]2[C@H]2OC(=O)c3cc(O)c(O)c(O)c3-c3c(cc(O)c(O)c3O)C(=O)O[C@@H]12)c1cc(O)c(O)c(O)c1. The summed E-state index contributed by atoms with van der Waals surface area (Å²) in [7, 11) is 0. The Morgan fingerprint density at radius 2 is 0.470 bits per heavy atom. The van der Waals surface area contributed by atoms with Crippen LogP contribution in [0.4, 0.5) is 0 Å². The van der Waals surface area contributed by atoms with Crippen LogP contribution in [0.2, 0.25) is 0 Å². The molecule has 2 saturated heterocycles. The minimum Gasteiger partial charge on any atom is -0.504 e. The molecule has 6 aliphatic rings. The zero-order valence-corrected chi connectivity index (χ0v) is 65.4. The molecule has 2 fully saturated rings. The number of hydrogen-bond donors (Lipinski definition) is 29. The lowest BCUT2D eigenvalue weighted by Gasteiger charge is -2.44. The zero-order chi connectivity index (χ0) is 97.2. The van der Waals surface area contributed by atoms with Crippen molar-refractivity contribution in [2.45, 2.75) is 61.4 Å². The number of carbonyl (C=O) groups excluding carboxylic acids is 10. The molecule has 0 aliphatic carbocycles. The first-order valence-electron chi connectivity index (χ1n) is 37.2. The van der Waals surface area contributed by atoms with Crippen LogP contribution in [0.5, 0.6) is 178 Å². The molecule has 0 unspecified atom stereocenters. The van der Waals surface area contributed by atoms with Gasteiger partial charge in [0.1, 0.15) is 31.0 Å². The summed E-state index contributed by atoms with van der Waals surface area (Å²) in [5.41, 5.74) is -24.4. The highest BCUT2D eigenvalue weighted by molar-refractivity contribution is 6.14. The first-order valence-corrected chi connectivity index (χ1v) is 37.2. The number of phenols is 29. The lowest BCUT2D eigenvalue weighted by molar-refractivity contribution is -0.283. The van der Waals surface area contributed by atoms with Gasteiger partial charge in [0.2, 0.25) is 82.3 Å². The van der Waals surface area contributed by atoms with Gasteiger partial charge >= 0.3 is 59.7 Å². The maximum atomic E-state index is 16.1. The number of rotatable bonds is 6. The van der Waals surface area contributed by atoms with Crippen molar-refractivity contribution >= 4 is 59.7 Å². The highest BCUT2D eigenvalue weighted by Gasteiger charge is 2.59. The van der Waals surface area contributed by atoms with E-state index in [2.05, 4.69) is 0 Å². The number of aromatic hydroxyl groups is 29. The summed E-state index contributed by atoms with van der Waals surface area (Å²) in [5.74, 6) is -70.3. The third-order valence-electron chi connectivity index (χ3n) is 21.6. The molecule has 29 N–H and O–H groups in total. The van der Waals surface area contributed by atoms with Gasteiger partial charge in [-0.3, -0.25) is 0 Å². The van der Waals surface area contributed by atoms with Crippen LogP contribution in [-0.2, 0) is 56.8 Å². The lowest BCUT2D eigenvalue weighted by Crippen LogP contribution is -2.63. The normalized spacial score (nSPS) is 20.1. The van der Waals surface area contributed by atoms with E-state index in [0.29, 0.717) is 18.2 Å². The number of cyclic esters (lactones) is 2. The van der Waals surface area contributed by atoms with E-state index in [0.717, 1.165) is 0 Å². The van der Waals surface area contributed by atoms with Crippen molar-refractivity contribution in [3.8, 4) is 223 Å². The highest BCUT2D eigenvalue weighted by Crippen LogP contribution is 2.62. The van der Waals surface area contributed by atoms with E-state index in [-0.39, 0.29) is 48.5 Å². The van der Waals surface area contributed by atoms with E-state index < -0.39 is 413 Å². The van der Waals surface area contributed by atoms with E-state index in [9.17, 15) is 162 Å². The monoisotopic (exact) mass is 1870 g/mol. The molecule has 6 aliphatic heterocycles. The van der Waals surface area contributed by atoms with E-state index in [4.69, 9.17) is 61.6 Å². The van der Waals surface area contributed by atoms with Gasteiger partial charge in [-0.1, -0.05) is 0 Å². The van der Waals surface area contributed by atoms with Crippen molar-refractivity contribution in [3.63, 3.8) is 0 Å². The van der Waals surface area contributed by atoms with Crippen LogP contribution in [0.15, 0.2) is 66.7 Å². The second kappa shape index (κ2) is 31.7. The van der Waals surface area contributed by atoms with Crippen LogP contribution in [0.3, 0.4) is 0 Å².